The summed E-state index contributed by atoms with van der Waals surface area (Å²) in [7, 11) is 0. The quantitative estimate of drug-likeness (QED) is 0.734. The Labute approximate surface area is 80.8 Å². The van der Waals surface area contributed by atoms with Crippen LogP contribution in [0.25, 0.3) is 0 Å². The van der Waals surface area contributed by atoms with E-state index in [9.17, 15) is 0 Å². The largest absolute Gasteiger partial charge is 0.174 e. The molecule has 2 rings (SSSR count). The molecule has 12 heavy (non-hydrogen) atoms. The molecule has 1 aromatic rings. The Hall–Kier alpha value is -0.0900. The van der Waals surface area contributed by atoms with E-state index in [2.05, 4.69) is 10.2 Å². The van der Waals surface area contributed by atoms with Gasteiger partial charge in [-0.3, -0.25) is 0 Å². The lowest BCUT2D eigenvalue weighted by atomic mass is 10.0. The van der Waals surface area contributed by atoms with Crippen LogP contribution in [0.2, 0.25) is 0 Å². The van der Waals surface area contributed by atoms with Gasteiger partial charge in [0.2, 0.25) is 0 Å². The highest BCUT2D eigenvalue weighted by Crippen LogP contribution is 2.33. The molecule has 1 heterocycles. The first-order valence-electron chi connectivity index (χ1n) is 4.38. The monoisotopic (exact) mass is 200 g/mol. The second-order valence-corrected chi connectivity index (χ2v) is 5.46. The second-order valence-electron chi connectivity index (χ2n) is 3.08. The minimum atomic E-state index is 0.812. The molecule has 0 amide bonds. The zero-order valence-electron chi connectivity index (χ0n) is 6.90. The molecule has 4 heteroatoms. The fourth-order valence-corrected chi connectivity index (χ4v) is 3.53. The van der Waals surface area contributed by atoms with E-state index in [1.54, 1.807) is 11.3 Å². The molecule has 0 aromatic carbocycles. The van der Waals surface area contributed by atoms with Crippen molar-refractivity contribution in [2.75, 3.05) is 0 Å². The summed E-state index contributed by atoms with van der Waals surface area (Å²) in [5.74, 6) is 0. The van der Waals surface area contributed by atoms with Gasteiger partial charge >= 0.3 is 0 Å². The molecule has 0 atom stereocenters. The predicted octanol–water partition coefficient (Wildman–Crippen LogP) is 2.96. The third-order valence-electron chi connectivity index (χ3n) is 2.16. The van der Waals surface area contributed by atoms with Crippen molar-refractivity contribution in [1.82, 2.24) is 10.2 Å². The summed E-state index contributed by atoms with van der Waals surface area (Å²) in [6.07, 6.45) is 6.95. The van der Waals surface area contributed by atoms with Gasteiger partial charge in [0.05, 0.1) is 0 Å². The van der Waals surface area contributed by atoms with E-state index < -0.39 is 0 Å². The highest BCUT2D eigenvalue weighted by atomic mass is 32.2. The standard InChI is InChI=1S/C8H12N2S2/c1-2-4-7(5-3-1)12-8-10-9-6-11-8/h6-7H,1-5H2. The van der Waals surface area contributed by atoms with Gasteiger partial charge in [0.15, 0.2) is 4.34 Å². The van der Waals surface area contributed by atoms with E-state index in [1.165, 1.54) is 32.1 Å². The van der Waals surface area contributed by atoms with Crippen LogP contribution in [0.4, 0.5) is 0 Å². The lowest BCUT2D eigenvalue weighted by Crippen LogP contribution is -2.07. The van der Waals surface area contributed by atoms with Crippen LogP contribution in [-0.2, 0) is 0 Å². The number of hydrogen-bond donors (Lipinski definition) is 0. The zero-order valence-corrected chi connectivity index (χ0v) is 8.53. The van der Waals surface area contributed by atoms with Crippen molar-refractivity contribution >= 4 is 23.1 Å². The molecule has 1 saturated carbocycles. The van der Waals surface area contributed by atoms with Gasteiger partial charge in [0, 0.05) is 5.25 Å². The summed E-state index contributed by atoms with van der Waals surface area (Å²) < 4.78 is 1.14. The minimum absolute atomic E-state index is 0.812. The maximum atomic E-state index is 4.04. The summed E-state index contributed by atoms with van der Waals surface area (Å²) in [6.45, 7) is 0. The van der Waals surface area contributed by atoms with E-state index in [0.717, 1.165) is 9.59 Å². The topological polar surface area (TPSA) is 25.8 Å². The van der Waals surface area contributed by atoms with Crippen LogP contribution in [0.15, 0.2) is 9.85 Å². The second kappa shape index (κ2) is 4.23. The van der Waals surface area contributed by atoms with E-state index in [0.29, 0.717) is 0 Å². The molecule has 0 saturated heterocycles. The Morgan fingerprint density at radius 2 is 2.17 bits per heavy atom. The fourth-order valence-electron chi connectivity index (χ4n) is 1.54. The molecule has 1 fully saturated rings. The highest BCUT2D eigenvalue weighted by molar-refractivity contribution is 8.01. The molecule has 1 aliphatic carbocycles. The van der Waals surface area contributed by atoms with Crippen molar-refractivity contribution in [1.29, 1.82) is 0 Å². The van der Waals surface area contributed by atoms with Crippen molar-refractivity contribution < 1.29 is 0 Å². The number of nitrogens with zero attached hydrogens (tertiary/aromatic N) is 2. The van der Waals surface area contributed by atoms with E-state index in [-0.39, 0.29) is 0 Å². The van der Waals surface area contributed by atoms with Crippen LogP contribution in [0.3, 0.4) is 0 Å². The van der Waals surface area contributed by atoms with Gasteiger partial charge in [0.1, 0.15) is 5.51 Å². The van der Waals surface area contributed by atoms with E-state index in [4.69, 9.17) is 0 Å². The molecule has 0 aliphatic heterocycles. The normalized spacial score (nSPS) is 19.7. The average molecular weight is 200 g/mol. The van der Waals surface area contributed by atoms with Gasteiger partial charge < -0.3 is 0 Å². The van der Waals surface area contributed by atoms with Crippen LogP contribution < -0.4 is 0 Å². The van der Waals surface area contributed by atoms with Gasteiger partial charge in [0.25, 0.3) is 0 Å². The average Bonchev–Trinajstić information content (AvgIpc) is 2.59. The van der Waals surface area contributed by atoms with Crippen molar-refractivity contribution in [3.05, 3.63) is 5.51 Å². The summed E-state index contributed by atoms with van der Waals surface area (Å²) in [5.41, 5.74) is 1.81. The van der Waals surface area contributed by atoms with Crippen molar-refractivity contribution in [2.24, 2.45) is 0 Å². The number of rotatable bonds is 2. The third-order valence-corrected chi connectivity index (χ3v) is 4.31. The minimum Gasteiger partial charge on any atom is -0.146 e. The SMILES string of the molecule is c1nnc(SC2CCCCC2)s1. The molecule has 2 nitrogen and oxygen atoms in total. The summed E-state index contributed by atoms with van der Waals surface area (Å²) >= 11 is 3.57. The van der Waals surface area contributed by atoms with Crippen LogP contribution in [0, 0.1) is 0 Å². The lowest BCUT2D eigenvalue weighted by Gasteiger charge is -2.19. The highest BCUT2D eigenvalue weighted by Gasteiger charge is 2.15. The van der Waals surface area contributed by atoms with Gasteiger partial charge in [-0.1, -0.05) is 42.4 Å². The summed E-state index contributed by atoms with van der Waals surface area (Å²) in [4.78, 5) is 0. The first-order chi connectivity index (χ1) is 5.95. The molecule has 1 aromatic heterocycles. The van der Waals surface area contributed by atoms with Gasteiger partial charge in [-0.25, -0.2) is 0 Å². The van der Waals surface area contributed by atoms with Crippen molar-refractivity contribution in [3.63, 3.8) is 0 Å². The lowest BCUT2D eigenvalue weighted by molar-refractivity contribution is 0.516. The fraction of sp³-hybridized carbons (Fsp3) is 0.750. The van der Waals surface area contributed by atoms with Crippen LogP contribution >= 0.6 is 23.1 Å². The predicted molar refractivity (Wildman–Crippen MR) is 52.6 cm³/mol. The van der Waals surface area contributed by atoms with Crippen molar-refractivity contribution in [3.8, 4) is 0 Å². The molecular formula is C8H12N2S2. The molecule has 0 unspecified atom stereocenters. The maximum absolute atomic E-state index is 4.04. The maximum Gasteiger partial charge on any atom is 0.174 e. The smallest absolute Gasteiger partial charge is 0.146 e. The van der Waals surface area contributed by atoms with Crippen LogP contribution in [-0.4, -0.2) is 15.4 Å². The molecule has 0 N–H and O–H groups in total. The van der Waals surface area contributed by atoms with Gasteiger partial charge in [-0.2, -0.15) is 0 Å². The number of aromatic nitrogens is 2. The molecular weight excluding hydrogens is 188 g/mol. The molecule has 1 aliphatic rings. The Morgan fingerprint density at radius 3 is 2.83 bits per heavy atom. The summed E-state index contributed by atoms with van der Waals surface area (Å²) in [5, 5.41) is 8.69. The molecule has 66 valence electrons. The van der Waals surface area contributed by atoms with Gasteiger partial charge in [-0.15, -0.1) is 10.2 Å². The van der Waals surface area contributed by atoms with Crippen LogP contribution in [0.1, 0.15) is 32.1 Å². The Morgan fingerprint density at radius 1 is 1.33 bits per heavy atom. The van der Waals surface area contributed by atoms with Crippen LogP contribution in [0.5, 0.6) is 0 Å². The Balaban J connectivity index is 1.86. The summed E-state index contributed by atoms with van der Waals surface area (Å²) in [6, 6.07) is 0. The molecule has 0 bridgehead atoms. The van der Waals surface area contributed by atoms with Crippen molar-refractivity contribution in [2.45, 2.75) is 41.7 Å². The third kappa shape index (κ3) is 2.20. The zero-order chi connectivity index (χ0) is 8.23. The van der Waals surface area contributed by atoms with Gasteiger partial charge in [-0.05, 0) is 12.8 Å². The first-order valence-corrected chi connectivity index (χ1v) is 6.14. The Bertz CT molecular complexity index is 217. The van der Waals surface area contributed by atoms with E-state index >= 15 is 0 Å². The molecule has 0 spiro atoms. The molecule has 0 radical (unpaired) electrons. The van der Waals surface area contributed by atoms with E-state index in [1.807, 2.05) is 17.3 Å². The Kier molecular flexibility index (Phi) is 3.00. The first kappa shape index (κ1) is 8.51. The number of hydrogen-bond acceptors (Lipinski definition) is 4. The number of thioether (sulfide) groups is 1.